The predicted octanol–water partition coefficient (Wildman–Crippen LogP) is 3.86. The molecule has 0 heterocycles. The van der Waals surface area contributed by atoms with Gasteiger partial charge >= 0.3 is 0 Å². The number of rotatable bonds is 12. The monoisotopic (exact) mass is 412 g/mol. The average Bonchev–Trinajstić information content (AvgIpc) is 2.79. The lowest BCUT2D eigenvalue weighted by Crippen LogP contribution is -2.40. The van der Waals surface area contributed by atoms with Crippen molar-refractivity contribution in [1.29, 1.82) is 0 Å². The maximum absolute atomic E-state index is 10.5. The summed E-state index contributed by atoms with van der Waals surface area (Å²) in [4.78, 5) is 2.30. The molecule has 1 fully saturated rings. The van der Waals surface area contributed by atoms with Gasteiger partial charge in [-0.15, -0.1) is 0 Å². The van der Waals surface area contributed by atoms with Crippen LogP contribution in [-0.2, 0) is 6.54 Å². The number of para-hydroxylation sites is 2. The minimum absolute atomic E-state index is 0.311. The minimum atomic E-state index is -0.489. The van der Waals surface area contributed by atoms with E-state index in [2.05, 4.69) is 23.3 Å². The van der Waals surface area contributed by atoms with Crippen LogP contribution in [0.1, 0.15) is 37.7 Å². The quantitative estimate of drug-likeness (QED) is 0.519. The van der Waals surface area contributed by atoms with Crippen LogP contribution in [0.2, 0.25) is 0 Å². The van der Waals surface area contributed by atoms with Crippen LogP contribution in [-0.4, -0.2) is 55.5 Å². The highest BCUT2D eigenvalue weighted by molar-refractivity contribution is 5.33. The number of ether oxygens (including phenoxy) is 2. The molecule has 0 amide bonds. The molecule has 30 heavy (non-hydrogen) atoms. The topological polar surface area (TPSA) is 54.0 Å². The van der Waals surface area contributed by atoms with Gasteiger partial charge in [-0.3, -0.25) is 0 Å². The van der Waals surface area contributed by atoms with Gasteiger partial charge in [0.1, 0.15) is 30.8 Å². The van der Waals surface area contributed by atoms with Crippen LogP contribution in [0.4, 0.5) is 0 Å². The zero-order chi connectivity index (χ0) is 21.0. The number of likely N-dealkylation sites (N-methyl/N-ethyl adjacent to an activating group) is 1. The molecule has 3 rings (SSSR count). The first-order valence-corrected chi connectivity index (χ1v) is 11.2. The van der Waals surface area contributed by atoms with Crippen molar-refractivity contribution in [3.63, 3.8) is 0 Å². The lowest BCUT2D eigenvalue weighted by atomic mass is 9.94. The molecule has 1 unspecified atom stereocenters. The Morgan fingerprint density at radius 1 is 1.00 bits per heavy atom. The second-order valence-corrected chi connectivity index (χ2v) is 8.14. The molecule has 0 aromatic heterocycles. The van der Waals surface area contributed by atoms with Gasteiger partial charge in [0.05, 0.1) is 0 Å². The predicted molar refractivity (Wildman–Crippen MR) is 121 cm³/mol. The summed E-state index contributed by atoms with van der Waals surface area (Å²) in [6.07, 6.45) is 5.95. The smallest absolute Gasteiger partial charge is 0.123 e. The van der Waals surface area contributed by atoms with E-state index in [1.807, 2.05) is 48.5 Å². The Hall–Kier alpha value is -2.08. The van der Waals surface area contributed by atoms with E-state index >= 15 is 0 Å². The molecule has 2 aromatic carbocycles. The molecule has 2 aromatic rings. The van der Waals surface area contributed by atoms with Crippen molar-refractivity contribution in [2.75, 3.05) is 33.4 Å². The van der Waals surface area contributed by atoms with Gasteiger partial charge in [-0.25, -0.2) is 0 Å². The van der Waals surface area contributed by atoms with Crippen molar-refractivity contribution in [2.45, 2.75) is 50.8 Å². The lowest BCUT2D eigenvalue weighted by Gasteiger charge is -2.32. The molecule has 0 radical (unpaired) electrons. The number of hydrogen-bond donors (Lipinski definition) is 2. The van der Waals surface area contributed by atoms with E-state index in [1.165, 1.54) is 32.1 Å². The Morgan fingerprint density at radius 2 is 1.73 bits per heavy atom. The Bertz CT molecular complexity index is 719. The summed E-state index contributed by atoms with van der Waals surface area (Å²) in [6.45, 7) is 3.02. The molecule has 5 heteroatoms. The van der Waals surface area contributed by atoms with Crippen molar-refractivity contribution in [2.24, 2.45) is 0 Å². The Kier molecular flexibility index (Phi) is 9.48. The molecule has 1 aliphatic rings. The molecule has 0 spiro atoms. The summed E-state index contributed by atoms with van der Waals surface area (Å²) in [7, 11) is 2.12. The molecule has 1 atom stereocenters. The summed E-state index contributed by atoms with van der Waals surface area (Å²) in [5.41, 5.74) is 1.09. The highest BCUT2D eigenvalue weighted by atomic mass is 16.5. The fourth-order valence-electron chi connectivity index (χ4n) is 4.01. The fraction of sp³-hybridized carbons (Fsp3) is 0.520. The molecular weight excluding hydrogens is 376 g/mol. The zero-order valence-electron chi connectivity index (χ0n) is 18.1. The van der Waals surface area contributed by atoms with Gasteiger partial charge in [0.25, 0.3) is 0 Å². The number of nitrogens with zero attached hydrogens (tertiary/aromatic N) is 1. The third kappa shape index (κ3) is 7.63. The van der Waals surface area contributed by atoms with E-state index in [4.69, 9.17) is 9.47 Å². The van der Waals surface area contributed by atoms with Gasteiger partial charge in [-0.1, -0.05) is 55.7 Å². The minimum Gasteiger partial charge on any atom is -0.492 e. The van der Waals surface area contributed by atoms with E-state index in [1.54, 1.807) is 0 Å². The van der Waals surface area contributed by atoms with Crippen LogP contribution in [0.15, 0.2) is 54.6 Å². The highest BCUT2D eigenvalue weighted by Gasteiger charge is 2.20. The molecule has 0 aliphatic heterocycles. The Labute approximate surface area is 181 Å². The number of aliphatic hydroxyl groups is 1. The van der Waals surface area contributed by atoms with Gasteiger partial charge < -0.3 is 24.8 Å². The van der Waals surface area contributed by atoms with Crippen LogP contribution >= 0.6 is 0 Å². The van der Waals surface area contributed by atoms with Crippen LogP contribution in [0, 0.1) is 0 Å². The van der Waals surface area contributed by atoms with E-state index < -0.39 is 6.10 Å². The van der Waals surface area contributed by atoms with Crippen molar-refractivity contribution >= 4 is 0 Å². The fourth-order valence-corrected chi connectivity index (χ4v) is 4.01. The van der Waals surface area contributed by atoms with Crippen molar-refractivity contribution in [1.82, 2.24) is 10.2 Å². The highest BCUT2D eigenvalue weighted by Crippen LogP contribution is 2.22. The van der Waals surface area contributed by atoms with Crippen LogP contribution in [0.3, 0.4) is 0 Å². The van der Waals surface area contributed by atoms with E-state index in [0.717, 1.165) is 23.6 Å². The number of aliphatic hydroxyl groups excluding tert-OH is 1. The van der Waals surface area contributed by atoms with Gasteiger partial charge in [0, 0.05) is 31.2 Å². The van der Waals surface area contributed by atoms with E-state index in [9.17, 15) is 5.11 Å². The lowest BCUT2D eigenvalue weighted by molar-refractivity contribution is 0.0558. The normalized spacial score (nSPS) is 15.8. The standard InChI is InChI=1S/C25H36N2O3/c1-27(22-11-4-2-5-12-22)19-23(28)20-30-25-15-9-8-10-21(25)18-26-16-17-29-24-13-6-3-7-14-24/h3,6-10,13-15,22-23,26,28H,2,4-5,11-12,16-20H2,1H3. The maximum atomic E-state index is 10.5. The average molecular weight is 413 g/mol. The zero-order valence-corrected chi connectivity index (χ0v) is 18.1. The van der Waals surface area contributed by atoms with Gasteiger partial charge in [-0.05, 0) is 38.1 Å². The van der Waals surface area contributed by atoms with Crippen molar-refractivity contribution in [3.05, 3.63) is 60.2 Å². The molecule has 0 bridgehead atoms. The number of hydrogen-bond acceptors (Lipinski definition) is 5. The summed E-state index contributed by atoms with van der Waals surface area (Å²) < 4.78 is 11.7. The second-order valence-electron chi connectivity index (χ2n) is 8.14. The van der Waals surface area contributed by atoms with Crippen LogP contribution in [0.5, 0.6) is 11.5 Å². The molecule has 5 nitrogen and oxygen atoms in total. The molecule has 2 N–H and O–H groups in total. The third-order valence-electron chi connectivity index (χ3n) is 5.71. The Morgan fingerprint density at radius 3 is 2.53 bits per heavy atom. The van der Waals surface area contributed by atoms with Crippen molar-refractivity contribution in [3.8, 4) is 11.5 Å². The molecule has 1 saturated carbocycles. The summed E-state index contributed by atoms with van der Waals surface area (Å²) in [6, 6.07) is 18.4. The van der Waals surface area contributed by atoms with Crippen LogP contribution in [0.25, 0.3) is 0 Å². The molecule has 164 valence electrons. The summed E-state index contributed by atoms with van der Waals surface area (Å²) in [5, 5.41) is 13.9. The van der Waals surface area contributed by atoms with Crippen molar-refractivity contribution < 1.29 is 14.6 Å². The van der Waals surface area contributed by atoms with Gasteiger partial charge in [0.2, 0.25) is 0 Å². The second kappa shape index (κ2) is 12.6. The van der Waals surface area contributed by atoms with Crippen LogP contribution < -0.4 is 14.8 Å². The SMILES string of the molecule is CN(CC(O)COc1ccccc1CNCCOc1ccccc1)C1CCCCC1. The molecule has 1 aliphatic carbocycles. The van der Waals surface area contributed by atoms with E-state index in [-0.39, 0.29) is 0 Å². The molecule has 0 saturated heterocycles. The third-order valence-corrected chi connectivity index (χ3v) is 5.71. The summed E-state index contributed by atoms with van der Waals surface area (Å²) in [5.74, 6) is 1.71. The first kappa shape index (κ1) is 22.6. The van der Waals surface area contributed by atoms with Gasteiger partial charge in [0.15, 0.2) is 0 Å². The Balaban J connectivity index is 1.37. The summed E-state index contributed by atoms with van der Waals surface area (Å²) >= 11 is 0. The van der Waals surface area contributed by atoms with Gasteiger partial charge in [-0.2, -0.15) is 0 Å². The first-order chi connectivity index (χ1) is 14.7. The largest absolute Gasteiger partial charge is 0.492 e. The molecular formula is C25H36N2O3. The maximum Gasteiger partial charge on any atom is 0.123 e. The van der Waals surface area contributed by atoms with E-state index in [0.29, 0.717) is 32.3 Å². The number of benzene rings is 2. The number of nitrogens with one attached hydrogen (secondary N) is 1. The first-order valence-electron chi connectivity index (χ1n) is 11.2.